The number of hydrogen-bond donors (Lipinski definition) is 3. The third-order valence-electron chi connectivity index (χ3n) is 4.06. The number of benzene rings is 3. The minimum Gasteiger partial charge on any atom is -0.506 e. The Hall–Kier alpha value is -3.43. The first-order chi connectivity index (χ1) is 14.8. The fourth-order valence-corrected chi connectivity index (χ4v) is 3.88. The molecule has 0 spiro atoms. The Bertz CT molecular complexity index is 1200. The van der Waals surface area contributed by atoms with E-state index in [9.17, 15) is 18.3 Å². The van der Waals surface area contributed by atoms with Crippen LogP contribution in [0.4, 0.5) is 11.4 Å². The van der Waals surface area contributed by atoms with Crippen LogP contribution in [0.5, 0.6) is 17.2 Å². The van der Waals surface area contributed by atoms with Gasteiger partial charge in [0.05, 0.1) is 23.4 Å². The predicted molar refractivity (Wildman–Crippen MR) is 117 cm³/mol. The number of sulfonamides is 1. The highest BCUT2D eigenvalue weighted by molar-refractivity contribution is 7.92. The smallest absolute Gasteiger partial charge is 0.262 e. The number of hydrogen-bond acceptors (Lipinski definition) is 6. The van der Waals surface area contributed by atoms with Crippen LogP contribution < -0.4 is 19.5 Å². The van der Waals surface area contributed by atoms with E-state index in [4.69, 9.17) is 21.1 Å². The maximum absolute atomic E-state index is 12.7. The number of phenolic OH excluding ortho intramolecular Hbond substituents is 1. The van der Waals surface area contributed by atoms with Gasteiger partial charge in [-0.15, -0.1) is 0 Å². The Morgan fingerprint density at radius 1 is 1.03 bits per heavy atom. The summed E-state index contributed by atoms with van der Waals surface area (Å²) in [5.41, 5.74) is 0.193. The molecule has 0 saturated carbocycles. The topological polar surface area (TPSA) is 114 Å². The van der Waals surface area contributed by atoms with E-state index >= 15 is 0 Å². The van der Waals surface area contributed by atoms with Crippen LogP contribution in [0.1, 0.15) is 0 Å². The monoisotopic (exact) mass is 462 g/mol. The predicted octanol–water partition coefficient (Wildman–Crippen LogP) is 3.87. The highest BCUT2D eigenvalue weighted by atomic mass is 35.5. The van der Waals surface area contributed by atoms with Crippen molar-refractivity contribution >= 4 is 38.9 Å². The zero-order valence-electron chi connectivity index (χ0n) is 16.3. The summed E-state index contributed by atoms with van der Waals surface area (Å²) < 4.78 is 38.3. The van der Waals surface area contributed by atoms with Crippen LogP contribution in [0, 0.1) is 0 Å². The van der Waals surface area contributed by atoms with Gasteiger partial charge in [0.15, 0.2) is 18.1 Å². The number of methoxy groups -OCH3 is 1. The molecule has 0 aromatic heterocycles. The number of para-hydroxylation sites is 2. The van der Waals surface area contributed by atoms with Crippen LogP contribution in [0.3, 0.4) is 0 Å². The van der Waals surface area contributed by atoms with Gasteiger partial charge >= 0.3 is 0 Å². The third-order valence-corrected chi connectivity index (χ3v) is 5.67. The SMILES string of the molecule is COc1ccccc1OCC(=O)Nc1cc(S(=O)(=O)Nc2cccc(Cl)c2)ccc1O. The van der Waals surface area contributed by atoms with Crippen LogP contribution in [0.15, 0.2) is 71.6 Å². The van der Waals surface area contributed by atoms with Crippen molar-refractivity contribution < 1.29 is 27.8 Å². The molecule has 0 heterocycles. The molecule has 0 aliphatic carbocycles. The average Bonchev–Trinajstić information content (AvgIpc) is 2.73. The highest BCUT2D eigenvalue weighted by Gasteiger charge is 2.18. The number of phenols is 1. The van der Waals surface area contributed by atoms with Crippen molar-refractivity contribution in [3.05, 3.63) is 71.8 Å². The van der Waals surface area contributed by atoms with E-state index in [1.54, 1.807) is 42.5 Å². The first kappa shape index (κ1) is 22.3. The molecule has 0 unspecified atom stereocenters. The van der Waals surface area contributed by atoms with E-state index < -0.39 is 15.9 Å². The molecular weight excluding hydrogens is 444 g/mol. The zero-order chi connectivity index (χ0) is 22.4. The van der Waals surface area contributed by atoms with Gasteiger partial charge < -0.3 is 19.9 Å². The molecule has 1 amide bonds. The fraction of sp³-hybridized carbons (Fsp3) is 0.0952. The maximum atomic E-state index is 12.7. The fourth-order valence-electron chi connectivity index (χ4n) is 2.62. The van der Waals surface area contributed by atoms with Crippen molar-refractivity contribution in [2.75, 3.05) is 23.8 Å². The molecule has 3 N–H and O–H groups in total. The lowest BCUT2D eigenvalue weighted by atomic mass is 10.3. The minimum atomic E-state index is -3.99. The largest absolute Gasteiger partial charge is 0.506 e. The molecule has 0 aliphatic heterocycles. The molecule has 0 radical (unpaired) electrons. The van der Waals surface area contributed by atoms with Crippen LogP contribution in [0.25, 0.3) is 0 Å². The number of halogens is 1. The second-order valence-corrected chi connectivity index (χ2v) is 8.40. The third kappa shape index (κ3) is 5.80. The Kier molecular flexibility index (Phi) is 6.88. The molecule has 162 valence electrons. The number of carbonyl (C=O) groups excluding carboxylic acids is 1. The zero-order valence-corrected chi connectivity index (χ0v) is 17.9. The van der Waals surface area contributed by atoms with Crippen LogP contribution in [-0.2, 0) is 14.8 Å². The van der Waals surface area contributed by atoms with Crippen molar-refractivity contribution in [1.82, 2.24) is 0 Å². The van der Waals surface area contributed by atoms with Gasteiger partial charge in [0.2, 0.25) is 0 Å². The standard InChI is InChI=1S/C21H19ClN2O6S/c1-29-19-7-2-3-8-20(19)30-13-21(26)23-17-12-16(9-10-18(17)25)31(27,28)24-15-6-4-5-14(22)11-15/h2-12,24-25H,13H2,1H3,(H,23,26). The Morgan fingerprint density at radius 2 is 1.77 bits per heavy atom. The molecule has 0 saturated heterocycles. The van der Waals surface area contributed by atoms with E-state index in [1.165, 1.54) is 25.3 Å². The lowest BCUT2D eigenvalue weighted by molar-refractivity contribution is -0.118. The van der Waals surface area contributed by atoms with E-state index in [1.807, 2.05) is 0 Å². The van der Waals surface area contributed by atoms with Gasteiger partial charge in [-0.2, -0.15) is 0 Å². The van der Waals surface area contributed by atoms with Crippen molar-refractivity contribution in [2.24, 2.45) is 0 Å². The lowest BCUT2D eigenvalue weighted by Crippen LogP contribution is -2.21. The number of carbonyl (C=O) groups is 1. The molecule has 10 heteroatoms. The number of rotatable bonds is 8. The first-order valence-electron chi connectivity index (χ1n) is 8.95. The van der Waals surface area contributed by atoms with Gasteiger partial charge in [0.1, 0.15) is 5.75 Å². The lowest BCUT2D eigenvalue weighted by Gasteiger charge is -2.13. The Morgan fingerprint density at radius 3 is 2.48 bits per heavy atom. The number of amides is 1. The number of nitrogens with one attached hydrogen (secondary N) is 2. The summed E-state index contributed by atoms with van der Waals surface area (Å²) in [4.78, 5) is 12.1. The molecule has 3 aromatic carbocycles. The summed E-state index contributed by atoms with van der Waals surface area (Å²) in [6, 6.07) is 16.5. The minimum absolute atomic E-state index is 0.0809. The maximum Gasteiger partial charge on any atom is 0.262 e. The Balaban J connectivity index is 1.72. The van der Waals surface area contributed by atoms with Gasteiger partial charge in [-0.25, -0.2) is 8.42 Å². The van der Waals surface area contributed by atoms with E-state index in [2.05, 4.69) is 10.0 Å². The summed E-state index contributed by atoms with van der Waals surface area (Å²) >= 11 is 5.88. The van der Waals surface area contributed by atoms with Crippen LogP contribution in [0.2, 0.25) is 5.02 Å². The molecule has 31 heavy (non-hydrogen) atoms. The quantitative estimate of drug-likeness (QED) is 0.438. The van der Waals surface area contributed by atoms with Gasteiger partial charge in [-0.3, -0.25) is 9.52 Å². The molecule has 0 fully saturated rings. The average molecular weight is 463 g/mol. The van der Waals surface area contributed by atoms with Gasteiger partial charge in [-0.05, 0) is 48.5 Å². The first-order valence-corrected chi connectivity index (χ1v) is 10.8. The molecule has 0 aliphatic rings. The molecule has 0 atom stereocenters. The van der Waals surface area contributed by atoms with E-state index in [-0.39, 0.29) is 28.6 Å². The van der Waals surface area contributed by atoms with Crippen LogP contribution >= 0.6 is 11.6 Å². The molecular formula is C21H19ClN2O6S. The van der Waals surface area contributed by atoms with Gasteiger partial charge in [0.25, 0.3) is 15.9 Å². The number of anilines is 2. The highest BCUT2D eigenvalue weighted by Crippen LogP contribution is 2.29. The van der Waals surface area contributed by atoms with Crippen LogP contribution in [-0.4, -0.2) is 33.1 Å². The molecule has 3 rings (SSSR count). The second-order valence-electron chi connectivity index (χ2n) is 6.28. The number of aromatic hydroxyl groups is 1. The van der Waals surface area contributed by atoms with Crippen molar-refractivity contribution in [1.29, 1.82) is 0 Å². The second kappa shape index (κ2) is 9.59. The normalized spacial score (nSPS) is 10.9. The summed E-state index contributed by atoms with van der Waals surface area (Å²) in [5.74, 6) is -0.0735. The summed E-state index contributed by atoms with van der Waals surface area (Å²) in [6.45, 7) is -0.377. The molecule has 3 aromatic rings. The molecule has 0 bridgehead atoms. The van der Waals surface area contributed by atoms with Gasteiger partial charge in [-0.1, -0.05) is 29.8 Å². The summed E-state index contributed by atoms with van der Waals surface area (Å²) in [5, 5.41) is 12.8. The van der Waals surface area contributed by atoms with E-state index in [0.29, 0.717) is 16.5 Å². The van der Waals surface area contributed by atoms with E-state index in [0.717, 1.165) is 6.07 Å². The van der Waals surface area contributed by atoms with Crippen molar-refractivity contribution in [2.45, 2.75) is 4.90 Å². The Labute approximate surface area is 184 Å². The van der Waals surface area contributed by atoms with Gasteiger partial charge in [0, 0.05) is 5.02 Å². The molecule has 8 nitrogen and oxygen atoms in total. The number of ether oxygens (including phenoxy) is 2. The van der Waals surface area contributed by atoms with Crippen molar-refractivity contribution in [3.8, 4) is 17.2 Å². The summed E-state index contributed by atoms with van der Waals surface area (Å²) in [7, 11) is -2.51. The van der Waals surface area contributed by atoms with Crippen molar-refractivity contribution in [3.63, 3.8) is 0 Å². The summed E-state index contributed by atoms with van der Waals surface area (Å²) in [6.07, 6.45) is 0.